The van der Waals surface area contributed by atoms with Gasteiger partial charge in [0.15, 0.2) is 11.5 Å². The molecule has 0 aromatic carbocycles. The summed E-state index contributed by atoms with van der Waals surface area (Å²) in [5, 5.41) is 6.78. The largest absolute Gasteiger partial charge is 0.354 e. The minimum atomic E-state index is 0.707. The quantitative estimate of drug-likeness (QED) is 0.630. The van der Waals surface area contributed by atoms with Crippen LogP contribution in [0.15, 0.2) is 48.0 Å². The molecule has 1 saturated heterocycles. The molecule has 1 fully saturated rings. The summed E-state index contributed by atoms with van der Waals surface area (Å²) in [6.45, 7) is 8.65. The second kappa shape index (κ2) is 8.83. The van der Waals surface area contributed by atoms with E-state index in [-0.39, 0.29) is 0 Å². The van der Waals surface area contributed by atoms with Crippen molar-refractivity contribution in [3.8, 4) is 0 Å². The molecular formula is C21H26N8. The van der Waals surface area contributed by atoms with E-state index in [2.05, 4.69) is 41.5 Å². The molecule has 0 saturated carbocycles. The molecule has 3 aromatic heterocycles. The highest BCUT2D eigenvalue weighted by molar-refractivity contribution is 6.09. The normalized spacial score (nSPS) is 15.4. The lowest BCUT2D eigenvalue weighted by molar-refractivity contribution is 0.585. The van der Waals surface area contributed by atoms with Crippen LogP contribution in [0.25, 0.3) is 11.2 Å². The third-order valence-corrected chi connectivity index (χ3v) is 4.90. The molecule has 0 spiro atoms. The van der Waals surface area contributed by atoms with E-state index in [4.69, 9.17) is 0 Å². The average Bonchev–Trinajstić information content (AvgIpc) is 3.20. The molecular weight excluding hydrogens is 364 g/mol. The van der Waals surface area contributed by atoms with Gasteiger partial charge in [-0.1, -0.05) is 6.08 Å². The number of hydrogen-bond acceptors (Lipinski definition) is 7. The van der Waals surface area contributed by atoms with Crippen molar-refractivity contribution in [1.29, 1.82) is 0 Å². The number of hydrogen-bond donors (Lipinski definition) is 2. The number of nitrogens with one attached hydrogen (secondary N) is 2. The van der Waals surface area contributed by atoms with E-state index < -0.39 is 0 Å². The van der Waals surface area contributed by atoms with E-state index in [1.165, 1.54) is 0 Å². The van der Waals surface area contributed by atoms with Crippen molar-refractivity contribution in [2.24, 2.45) is 4.99 Å². The first-order valence-corrected chi connectivity index (χ1v) is 9.97. The van der Waals surface area contributed by atoms with Gasteiger partial charge in [-0.3, -0.25) is 9.39 Å². The third-order valence-electron chi connectivity index (χ3n) is 4.90. The summed E-state index contributed by atoms with van der Waals surface area (Å²) in [5.74, 6) is 1.68. The van der Waals surface area contributed by atoms with E-state index in [0.29, 0.717) is 5.82 Å². The van der Waals surface area contributed by atoms with Crippen molar-refractivity contribution in [1.82, 2.24) is 24.7 Å². The van der Waals surface area contributed by atoms with Crippen molar-refractivity contribution >= 4 is 34.8 Å². The molecule has 0 amide bonds. The van der Waals surface area contributed by atoms with Crippen LogP contribution in [0.5, 0.6) is 0 Å². The van der Waals surface area contributed by atoms with Crippen LogP contribution in [0.3, 0.4) is 0 Å². The first kappa shape index (κ1) is 19.1. The summed E-state index contributed by atoms with van der Waals surface area (Å²) < 4.78 is 2.03. The Bertz CT molecular complexity index is 1030. The van der Waals surface area contributed by atoms with Gasteiger partial charge in [0, 0.05) is 74.9 Å². The maximum absolute atomic E-state index is 4.61. The highest BCUT2D eigenvalue weighted by Gasteiger charge is 2.14. The van der Waals surface area contributed by atoms with Crippen molar-refractivity contribution in [2.45, 2.75) is 13.8 Å². The van der Waals surface area contributed by atoms with Gasteiger partial charge in [0.05, 0.1) is 11.9 Å². The van der Waals surface area contributed by atoms with Crippen molar-refractivity contribution < 1.29 is 0 Å². The third kappa shape index (κ3) is 4.12. The maximum Gasteiger partial charge on any atom is 0.180 e. The zero-order chi connectivity index (χ0) is 20.1. The van der Waals surface area contributed by atoms with Crippen molar-refractivity contribution in [3.63, 3.8) is 0 Å². The molecule has 1 aliphatic rings. The van der Waals surface area contributed by atoms with Crippen LogP contribution in [-0.4, -0.2) is 58.3 Å². The summed E-state index contributed by atoms with van der Waals surface area (Å²) in [4.78, 5) is 20.3. The van der Waals surface area contributed by atoms with E-state index in [1.54, 1.807) is 6.20 Å². The highest BCUT2D eigenvalue weighted by atomic mass is 15.2. The van der Waals surface area contributed by atoms with Crippen LogP contribution in [-0.2, 0) is 0 Å². The zero-order valence-electron chi connectivity index (χ0n) is 16.8. The molecule has 0 bridgehead atoms. The molecule has 0 radical (unpaired) electrons. The number of aromatic nitrogens is 4. The molecule has 4 heterocycles. The molecule has 0 atom stereocenters. The Morgan fingerprint density at radius 3 is 2.90 bits per heavy atom. The van der Waals surface area contributed by atoms with E-state index >= 15 is 0 Å². The number of imidazole rings is 1. The van der Waals surface area contributed by atoms with E-state index in [1.807, 2.05) is 55.2 Å². The Morgan fingerprint density at radius 1 is 1.24 bits per heavy atom. The predicted molar refractivity (Wildman–Crippen MR) is 118 cm³/mol. The molecule has 3 aromatic rings. The number of rotatable bonds is 6. The van der Waals surface area contributed by atoms with Crippen LogP contribution in [0, 0.1) is 0 Å². The molecule has 1 aliphatic heterocycles. The minimum Gasteiger partial charge on any atom is -0.354 e. The fourth-order valence-electron chi connectivity index (χ4n) is 3.40. The van der Waals surface area contributed by atoms with Crippen LogP contribution in [0.2, 0.25) is 0 Å². The Kier molecular flexibility index (Phi) is 5.81. The fraction of sp³-hybridized carbons (Fsp3) is 0.333. The SMILES string of the molecule is C/C=C(\C=NCC)c1cnc2c(Nc3ccnc(N4CCNCC4)c3)nccn12. The van der Waals surface area contributed by atoms with Crippen molar-refractivity contribution in [2.75, 3.05) is 42.9 Å². The lowest BCUT2D eigenvalue weighted by Crippen LogP contribution is -2.43. The molecule has 0 unspecified atom stereocenters. The predicted octanol–water partition coefficient (Wildman–Crippen LogP) is 2.77. The van der Waals surface area contributed by atoms with Gasteiger partial charge < -0.3 is 15.5 Å². The second-order valence-electron chi connectivity index (χ2n) is 6.75. The van der Waals surface area contributed by atoms with Crippen molar-refractivity contribution in [3.05, 3.63) is 48.7 Å². The number of anilines is 3. The fourth-order valence-corrected chi connectivity index (χ4v) is 3.40. The number of piperazine rings is 1. The minimum absolute atomic E-state index is 0.707. The van der Waals surface area contributed by atoms with Crippen LogP contribution >= 0.6 is 0 Å². The number of nitrogens with zero attached hydrogens (tertiary/aromatic N) is 6. The van der Waals surface area contributed by atoms with Gasteiger partial charge in [0.2, 0.25) is 0 Å². The summed E-state index contributed by atoms with van der Waals surface area (Å²) in [6, 6.07) is 4.01. The second-order valence-corrected chi connectivity index (χ2v) is 6.75. The van der Waals surface area contributed by atoms with Gasteiger partial charge in [0.25, 0.3) is 0 Å². The van der Waals surface area contributed by atoms with Crippen LogP contribution in [0.4, 0.5) is 17.3 Å². The Balaban J connectivity index is 1.63. The standard InChI is InChI=1S/C21H26N8/c1-3-16(14-22-4-2)18-15-26-21-20(25-9-12-29(18)21)27-17-5-6-24-19(13-17)28-10-7-23-8-11-28/h3,5-6,9,12-15,23H,4,7-8,10-11H2,1-2H3,(H,24,25,27)/b16-3+,22-14?. The van der Waals surface area contributed by atoms with Gasteiger partial charge in [-0.2, -0.15) is 0 Å². The molecule has 29 heavy (non-hydrogen) atoms. The first-order valence-electron chi connectivity index (χ1n) is 9.97. The average molecular weight is 390 g/mol. The van der Waals surface area contributed by atoms with Gasteiger partial charge in [-0.15, -0.1) is 0 Å². The maximum atomic E-state index is 4.61. The summed E-state index contributed by atoms with van der Waals surface area (Å²) >= 11 is 0. The van der Waals surface area contributed by atoms with E-state index in [0.717, 1.165) is 61.1 Å². The monoisotopic (exact) mass is 390 g/mol. The van der Waals surface area contributed by atoms with Gasteiger partial charge in [0.1, 0.15) is 5.82 Å². The number of fused-ring (bicyclic) bond motifs is 1. The van der Waals surface area contributed by atoms with Gasteiger partial charge in [-0.25, -0.2) is 15.0 Å². The summed E-state index contributed by atoms with van der Waals surface area (Å²) in [5.41, 5.74) is 3.73. The molecule has 0 aliphatic carbocycles. The Labute approximate surface area is 170 Å². The Morgan fingerprint density at radius 2 is 2.10 bits per heavy atom. The molecule has 4 rings (SSSR count). The summed E-state index contributed by atoms with van der Waals surface area (Å²) in [6.07, 6.45) is 11.3. The zero-order valence-corrected chi connectivity index (χ0v) is 16.8. The number of allylic oxidation sites excluding steroid dienone is 2. The van der Waals surface area contributed by atoms with E-state index in [9.17, 15) is 0 Å². The van der Waals surface area contributed by atoms with Gasteiger partial charge in [-0.05, 0) is 19.9 Å². The lowest BCUT2D eigenvalue weighted by Gasteiger charge is -2.28. The first-order chi connectivity index (χ1) is 14.3. The smallest absolute Gasteiger partial charge is 0.180 e. The van der Waals surface area contributed by atoms with Gasteiger partial charge >= 0.3 is 0 Å². The molecule has 8 nitrogen and oxygen atoms in total. The lowest BCUT2D eigenvalue weighted by atomic mass is 10.2. The summed E-state index contributed by atoms with van der Waals surface area (Å²) in [7, 11) is 0. The van der Waals surface area contributed by atoms with Crippen LogP contribution in [0.1, 0.15) is 19.5 Å². The number of aliphatic imine (C=N–C) groups is 1. The molecule has 2 N–H and O–H groups in total. The van der Waals surface area contributed by atoms with Crippen LogP contribution < -0.4 is 15.5 Å². The highest BCUT2D eigenvalue weighted by Crippen LogP contribution is 2.24. The topological polar surface area (TPSA) is 82.7 Å². The molecule has 150 valence electrons. The molecule has 8 heteroatoms. The Hall–Kier alpha value is -3.26. The number of pyridine rings is 1.